The first-order valence-corrected chi connectivity index (χ1v) is 7.34. The molecule has 0 bridgehead atoms. The molecule has 3 aromatic rings. The van der Waals surface area contributed by atoms with Gasteiger partial charge < -0.3 is 10.3 Å². The zero-order chi connectivity index (χ0) is 16.4. The molecule has 0 saturated heterocycles. The third kappa shape index (κ3) is 3.27. The van der Waals surface area contributed by atoms with Gasteiger partial charge in [0.2, 0.25) is 0 Å². The highest BCUT2D eigenvalue weighted by atomic mass is 35.5. The molecule has 1 heterocycles. The number of carbonyl (C=O) groups excluding carboxylic acids is 1. The Labute approximate surface area is 135 Å². The largest absolute Gasteiger partial charge is 0.350 e. The SMILES string of the molecule is O=C(NCCn1c(=O)[nH]c2cc(F)ccc21)c1ccc(Cl)cc1. The van der Waals surface area contributed by atoms with Gasteiger partial charge in [0.15, 0.2) is 0 Å². The van der Waals surface area contributed by atoms with Crippen LogP contribution in [-0.4, -0.2) is 22.0 Å². The van der Waals surface area contributed by atoms with E-state index in [0.717, 1.165) is 0 Å². The normalized spacial score (nSPS) is 10.9. The Morgan fingerprint density at radius 1 is 1.22 bits per heavy atom. The maximum absolute atomic E-state index is 13.2. The summed E-state index contributed by atoms with van der Waals surface area (Å²) in [4.78, 5) is 26.5. The van der Waals surface area contributed by atoms with Crippen LogP contribution in [0.2, 0.25) is 5.02 Å². The zero-order valence-electron chi connectivity index (χ0n) is 12.0. The molecular formula is C16H13ClFN3O2. The van der Waals surface area contributed by atoms with E-state index < -0.39 is 5.82 Å². The number of amides is 1. The van der Waals surface area contributed by atoms with Gasteiger partial charge in [0.1, 0.15) is 5.82 Å². The molecule has 2 aromatic carbocycles. The van der Waals surface area contributed by atoms with E-state index in [9.17, 15) is 14.0 Å². The fourth-order valence-corrected chi connectivity index (χ4v) is 2.47. The summed E-state index contributed by atoms with van der Waals surface area (Å²) in [7, 11) is 0. The third-order valence-electron chi connectivity index (χ3n) is 3.46. The molecule has 1 amide bonds. The van der Waals surface area contributed by atoms with Crippen molar-refractivity contribution < 1.29 is 9.18 Å². The van der Waals surface area contributed by atoms with E-state index in [1.54, 1.807) is 24.3 Å². The van der Waals surface area contributed by atoms with Gasteiger partial charge in [0, 0.05) is 23.7 Å². The lowest BCUT2D eigenvalue weighted by atomic mass is 10.2. The van der Waals surface area contributed by atoms with E-state index in [0.29, 0.717) is 21.6 Å². The van der Waals surface area contributed by atoms with Crippen LogP contribution in [0.5, 0.6) is 0 Å². The Morgan fingerprint density at radius 2 is 1.96 bits per heavy atom. The van der Waals surface area contributed by atoms with Crippen molar-refractivity contribution in [1.29, 1.82) is 0 Å². The standard InChI is InChI=1S/C16H13ClFN3O2/c17-11-3-1-10(2-4-11)15(22)19-7-8-21-14-6-5-12(18)9-13(14)20-16(21)23/h1-6,9H,7-8H2,(H,19,22)(H,20,23). The van der Waals surface area contributed by atoms with Crippen LogP contribution in [0.1, 0.15) is 10.4 Å². The van der Waals surface area contributed by atoms with Crippen LogP contribution in [0.15, 0.2) is 47.3 Å². The Bertz CT molecular complexity index is 915. The molecule has 0 saturated carbocycles. The van der Waals surface area contributed by atoms with E-state index in [4.69, 9.17) is 11.6 Å². The molecule has 118 valence electrons. The lowest BCUT2D eigenvalue weighted by Gasteiger charge is -2.06. The summed E-state index contributed by atoms with van der Waals surface area (Å²) in [6, 6.07) is 10.6. The van der Waals surface area contributed by atoms with Crippen molar-refractivity contribution in [2.75, 3.05) is 6.54 Å². The van der Waals surface area contributed by atoms with Crippen molar-refractivity contribution in [2.24, 2.45) is 0 Å². The van der Waals surface area contributed by atoms with Gasteiger partial charge in [-0.05, 0) is 42.5 Å². The van der Waals surface area contributed by atoms with Crippen LogP contribution in [0.3, 0.4) is 0 Å². The number of aromatic amines is 1. The van der Waals surface area contributed by atoms with Crippen LogP contribution in [0.4, 0.5) is 4.39 Å². The van der Waals surface area contributed by atoms with Gasteiger partial charge in [-0.15, -0.1) is 0 Å². The van der Waals surface area contributed by atoms with Gasteiger partial charge in [-0.25, -0.2) is 9.18 Å². The summed E-state index contributed by atoms with van der Waals surface area (Å²) < 4.78 is 14.6. The second-order valence-electron chi connectivity index (χ2n) is 5.01. The lowest BCUT2D eigenvalue weighted by Crippen LogP contribution is -2.30. The maximum Gasteiger partial charge on any atom is 0.326 e. The monoisotopic (exact) mass is 333 g/mol. The zero-order valence-corrected chi connectivity index (χ0v) is 12.7. The van der Waals surface area contributed by atoms with Crippen molar-refractivity contribution in [3.05, 3.63) is 69.4 Å². The number of H-pyrrole nitrogens is 1. The van der Waals surface area contributed by atoms with Gasteiger partial charge in [0.05, 0.1) is 11.0 Å². The number of rotatable bonds is 4. The predicted molar refractivity (Wildman–Crippen MR) is 86.3 cm³/mol. The van der Waals surface area contributed by atoms with E-state index in [1.165, 1.54) is 22.8 Å². The summed E-state index contributed by atoms with van der Waals surface area (Å²) in [6.07, 6.45) is 0. The van der Waals surface area contributed by atoms with Gasteiger partial charge in [-0.2, -0.15) is 0 Å². The lowest BCUT2D eigenvalue weighted by molar-refractivity contribution is 0.0952. The van der Waals surface area contributed by atoms with Gasteiger partial charge in [0.25, 0.3) is 5.91 Å². The number of fused-ring (bicyclic) bond motifs is 1. The van der Waals surface area contributed by atoms with Crippen molar-refractivity contribution in [1.82, 2.24) is 14.9 Å². The topological polar surface area (TPSA) is 66.9 Å². The summed E-state index contributed by atoms with van der Waals surface area (Å²) in [5, 5.41) is 3.29. The first-order valence-electron chi connectivity index (χ1n) is 6.96. The number of carbonyl (C=O) groups is 1. The van der Waals surface area contributed by atoms with E-state index in [-0.39, 0.29) is 24.7 Å². The van der Waals surface area contributed by atoms with Crippen molar-refractivity contribution >= 4 is 28.5 Å². The van der Waals surface area contributed by atoms with Crippen LogP contribution in [-0.2, 0) is 6.54 Å². The summed E-state index contributed by atoms with van der Waals surface area (Å²) in [6.45, 7) is 0.551. The Hall–Kier alpha value is -2.60. The Balaban J connectivity index is 1.69. The quantitative estimate of drug-likeness (QED) is 0.770. The molecule has 2 N–H and O–H groups in total. The molecule has 0 aliphatic heterocycles. The molecule has 0 spiro atoms. The molecule has 0 unspecified atom stereocenters. The number of imidazole rings is 1. The molecule has 0 fully saturated rings. The highest BCUT2D eigenvalue weighted by molar-refractivity contribution is 6.30. The van der Waals surface area contributed by atoms with Gasteiger partial charge >= 0.3 is 5.69 Å². The van der Waals surface area contributed by atoms with Crippen LogP contribution in [0.25, 0.3) is 11.0 Å². The number of hydrogen-bond donors (Lipinski definition) is 2. The Morgan fingerprint density at radius 3 is 2.70 bits per heavy atom. The van der Waals surface area contributed by atoms with Crippen molar-refractivity contribution in [2.45, 2.75) is 6.54 Å². The average molecular weight is 334 g/mol. The highest BCUT2D eigenvalue weighted by Crippen LogP contribution is 2.12. The van der Waals surface area contributed by atoms with E-state index in [2.05, 4.69) is 10.3 Å². The summed E-state index contributed by atoms with van der Waals surface area (Å²) in [5.74, 6) is -0.664. The molecule has 0 radical (unpaired) electrons. The molecule has 7 heteroatoms. The number of nitrogens with one attached hydrogen (secondary N) is 2. The second kappa shape index (κ2) is 6.26. The number of aromatic nitrogens is 2. The molecule has 23 heavy (non-hydrogen) atoms. The average Bonchev–Trinajstić information content (AvgIpc) is 2.83. The minimum Gasteiger partial charge on any atom is -0.350 e. The third-order valence-corrected chi connectivity index (χ3v) is 3.72. The first-order chi connectivity index (χ1) is 11.0. The summed E-state index contributed by atoms with van der Waals surface area (Å²) >= 11 is 5.77. The molecular weight excluding hydrogens is 321 g/mol. The fourth-order valence-electron chi connectivity index (χ4n) is 2.34. The number of halogens is 2. The van der Waals surface area contributed by atoms with Gasteiger partial charge in [-0.1, -0.05) is 11.6 Å². The molecule has 1 aromatic heterocycles. The molecule has 5 nitrogen and oxygen atoms in total. The number of hydrogen-bond acceptors (Lipinski definition) is 2. The predicted octanol–water partition coefficient (Wildman–Crippen LogP) is 2.55. The van der Waals surface area contributed by atoms with Gasteiger partial charge in [-0.3, -0.25) is 9.36 Å². The van der Waals surface area contributed by atoms with E-state index >= 15 is 0 Å². The second-order valence-corrected chi connectivity index (χ2v) is 5.44. The summed E-state index contributed by atoms with van der Waals surface area (Å²) in [5.41, 5.74) is 1.17. The maximum atomic E-state index is 13.2. The smallest absolute Gasteiger partial charge is 0.326 e. The van der Waals surface area contributed by atoms with E-state index in [1.807, 2.05) is 0 Å². The molecule has 0 aliphatic rings. The number of benzene rings is 2. The van der Waals surface area contributed by atoms with Crippen LogP contribution >= 0.6 is 11.6 Å². The first kappa shape index (κ1) is 15.3. The molecule has 0 aliphatic carbocycles. The van der Waals surface area contributed by atoms with Crippen molar-refractivity contribution in [3.63, 3.8) is 0 Å². The minimum absolute atomic E-state index is 0.249. The Kier molecular flexibility index (Phi) is 4.16. The number of nitrogens with zero attached hydrogens (tertiary/aromatic N) is 1. The van der Waals surface area contributed by atoms with Crippen molar-refractivity contribution in [3.8, 4) is 0 Å². The molecule has 0 atom stereocenters. The van der Waals surface area contributed by atoms with Crippen LogP contribution < -0.4 is 11.0 Å². The fraction of sp³-hybridized carbons (Fsp3) is 0.125. The molecule has 3 rings (SSSR count). The van der Waals surface area contributed by atoms with Crippen LogP contribution in [0, 0.1) is 5.82 Å². The minimum atomic E-state index is -0.415. The highest BCUT2D eigenvalue weighted by Gasteiger charge is 2.09.